The quantitative estimate of drug-likeness (QED) is 0.748. The molecule has 92 valence electrons. The van der Waals surface area contributed by atoms with Crippen molar-refractivity contribution in [3.8, 4) is 0 Å². The van der Waals surface area contributed by atoms with Gasteiger partial charge in [-0.25, -0.2) is 0 Å². The summed E-state index contributed by atoms with van der Waals surface area (Å²) in [5, 5.41) is 2.68. The highest BCUT2D eigenvalue weighted by atomic mass is 16.5. The molecule has 2 unspecified atom stereocenters. The van der Waals surface area contributed by atoms with E-state index in [2.05, 4.69) is 5.32 Å². The minimum absolute atomic E-state index is 0.0610. The Labute approximate surface area is 96.1 Å². The molecule has 16 heavy (non-hydrogen) atoms. The first-order valence-electron chi connectivity index (χ1n) is 5.45. The summed E-state index contributed by atoms with van der Waals surface area (Å²) in [5.74, 6) is -0.184. The van der Waals surface area contributed by atoms with Gasteiger partial charge in [-0.15, -0.1) is 0 Å². The van der Waals surface area contributed by atoms with Crippen molar-refractivity contribution in [2.75, 3.05) is 13.7 Å². The Bertz CT molecular complexity index is 302. The number of ether oxygens (including phenoxy) is 1. The van der Waals surface area contributed by atoms with Crippen LogP contribution in [0.1, 0.15) is 27.7 Å². The van der Waals surface area contributed by atoms with E-state index in [0.717, 1.165) is 0 Å². The molecule has 0 aliphatic carbocycles. The summed E-state index contributed by atoms with van der Waals surface area (Å²) in [7, 11) is 1.58. The van der Waals surface area contributed by atoms with Crippen molar-refractivity contribution in [3.05, 3.63) is 0 Å². The Hall–Kier alpha value is -1.10. The molecule has 0 aromatic rings. The number of nitrogens with zero attached hydrogens (tertiary/aromatic N) is 1. The Morgan fingerprint density at radius 1 is 1.50 bits per heavy atom. The summed E-state index contributed by atoms with van der Waals surface area (Å²) < 4.78 is 5.04. The van der Waals surface area contributed by atoms with Crippen LogP contribution in [0.15, 0.2) is 0 Å². The number of piperazine rings is 1. The number of hydrogen-bond acceptors (Lipinski definition) is 3. The summed E-state index contributed by atoms with van der Waals surface area (Å²) in [5.41, 5.74) is -0.818. The molecule has 0 radical (unpaired) electrons. The van der Waals surface area contributed by atoms with Crippen LogP contribution in [0.4, 0.5) is 0 Å². The second kappa shape index (κ2) is 4.41. The normalized spacial score (nSPS) is 26.6. The maximum atomic E-state index is 12.1. The van der Waals surface area contributed by atoms with E-state index in [4.69, 9.17) is 4.74 Å². The number of carbonyl (C=O) groups is 2. The van der Waals surface area contributed by atoms with Gasteiger partial charge in [-0.2, -0.15) is 0 Å². The molecule has 2 amide bonds. The van der Waals surface area contributed by atoms with E-state index in [0.29, 0.717) is 6.61 Å². The van der Waals surface area contributed by atoms with Gasteiger partial charge in [0.15, 0.2) is 0 Å². The molecule has 0 aromatic carbocycles. The molecule has 1 fully saturated rings. The second-order valence-electron chi connectivity index (χ2n) is 4.77. The lowest BCUT2D eigenvalue weighted by Crippen LogP contribution is -2.70. The minimum Gasteiger partial charge on any atom is -0.383 e. The summed E-state index contributed by atoms with van der Waals surface area (Å²) >= 11 is 0. The van der Waals surface area contributed by atoms with Crippen LogP contribution in [0.2, 0.25) is 0 Å². The molecule has 0 aromatic heterocycles. The lowest BCUT2D eigenvalue weighted by atomic mass is 9.94. The number of nitrogens with one attached hydrogen (secondary N) is 1. The zero-order chi connectivity index (χ0) is 12.5. The van der Waals surface area contributed by atoms with Crippen LogP contribution < -0.4 is 5.32 Å². The van der Waals surface area contributed by atoms with Crippen LogP contribution in [0.5, 0.6) is 0 Å². The van der Waals surface area contributed by atoms with Crippen LogP contribution in [-0.4, -0.2) is 48.1 Å². The molecule has 1 aliphatic rings. The van der Waals surface area contributed by atoms with E-state index < -0.39 is 11.6 Å². The largest absolute Gasteiger partial charge is 0.383 e. The van der Waals surface area contributed by atoms with Crippen molar-refractivity contribution in [1.82, 2.24) is 10.2 Å². The molecule has 1 saturated heterocycles. The first kappa shape index (κ1) is 13.0. The highest BCUT2D eigenvalue weighted by Crippen LogP contribution is 2.23. The van der Waals surface area contributed by atoms with E-state index in [1.54, 1.807) is 32.8 Å². The average Bonchev–Trinajstić information content (AvgIpc) is 2.15. The lowest BCUT2D eigenvalue weighted by Gasteiger charge is -2.46. The molecule has 0 spiro atoms. The Balaban J connectivity index is 2.99. The molecule has 5 nitrogen and oxygen atoms in total. The Morgan fingerprint density at radius 3 is 2.56 bits per heavy atom. The highest BCUT2D eigenvalue weighted by molar-refractivity contribution is 5.99. The first-order valence-corrected chi connectivity index (χ1v) is 5.45. The van der Waals surface area contributed by atoms with Crippen LogP contribution in [0.3, 0.4) is 0 Å². The van der Waals surface area contributed by atoms with Gasteiger partial charge in [0.25, 0.3) is 0 Å². The third-order valence-corrected chi connectivity index (χ3v) is 2.96. The van der Waals surface area contributed by atoms with Crippen molar-refractivity contribution in [2.45, 2.75) is 45.3 Å². The van der Waals surface area contributed by atoms with Crippen LogP contribution in [-0.2, 0) is 14.3 Å². The predicted octanol–water partition coefficient (Wildman–Crippen LogP) is 0.147. The molecule has 1 rings (SSSR count). The molecule has 0 bridgehead atoms. The van der Waals surface area contributed by atoms with Gasteiger partial charge in [-0.3, -0.25) is 9.59 Å². The van der Waals surface area contributed by atoms with Gasteiger partial charge in [-0.05, 0) is 27.7 Å². The predicted molar refractivity (Wildman–Crippen MR) is 59.9 cm³/mol. The van der Waals surface area contributed by atoms with Crippen LogP contribution >= 0.6 is 0 Å². The van der Waals surface area contributed by atoms with Crippen LogP contribution in [0, 0.1) is 0 Å². The van der Waals surface area contributed by atoms with Crippen molar-refractivity contribution in [2.24, 2.45) is 0 Å². The molecule has 1 aliphatic heterocycles. The molecular formula is C11H20N2O3. The Kier molecular flexibility index (Phi) is 3.57. The van der Waals surface area contributed by atoms with Gasteiger partial charge in [0.2, 0.25) is 11.8 Å². The number of hydrogen-bond donors (Lipinski definition) is 1. The van der Waals surface area contributed by atoms with Gasteiger partial charge in [0.1, 0.15) is 11.6 Å². The highest BCUT2D eigenvalue weighted by Gasteiger charge is 2.46. The summed E-state index contributed by atoms with van der Waals surface area (Å²) in [6.45, 7) is 7.50. The summed E-state index contributed by atoms with van der Waals surface area (Å²) in [4.78, 5) is 25.5. The first-order chi connectivity index (χ1) is 7.32. The zero-order valence-electron chi connectivity index (χ0n) is 10.5. The molecule has 1 heterocycles. The topological polar surface area (TPSA) is 58.6 Å². The third-order valence-electron chi connectivity index (χ3n) is 2.96. The Morgan fingerprint density at radius 2 is 2.06 bits per heavy atom. The van der Waals surface area contributed by atoms with E-state index in [1.165, 1.54) is 0 Å². The van der Waals surface area contributed by atoms with Crippen molar-refractivity contribution < 1.29 is 14.3 Å². The second-order valence-corrected chi connectivity index (χ2v) is 4.77. The molecule has 1 N–H and O–H groups in total. The number of carbonyl (C=O) groups excluding carboxylic acids is 2. The fraction of sp³-hybridized carbons (Fsp3) is 0.818. The minimum atomic E-state index is -0.818. The van der Waals surface area contributed by atoms with Crippen molar-refractivity contribution in [1.29, 1.82) is 0 Å². The van der Waals surface area contributed by atoms with Crippen molar-refractivity contribution in [3.63, 3.8) is 0 Å². The fourth-order valence-electron chi connectivity index (χ4n) is 2.11. The van der Waals surface area contributed by atoms with E-state index in [-0.39, 0.29) is 17.9 Å². The fourth-order valence-corrected chi connectivity index (χ4v) is 2.11. The van der Waals surface area contributed by atoms with Gasteiger partial charge < -0.3 is 15.0 Å². The average molecular weight is 228 g/mol. The van der Waals surface area contributed by atoms with Gasteiger partial charge in [0.05, 0.1) is 12.6 Å². The summed E-state index contributed by atoms with van der Waals surface area (Å²) in [6.07, 6.45) is 0. The standard InChI is InChI=1S/C11H20N2O3/c1-7(6-16-5)13-9(14)8(2)12-10(15)11(13,3)4/h7-8H,6H2,1-5H3,(H,12,15). The van der Waals surface area contributed by atoms with E-state index in [9.17, 15) is 9.59 Å². The van der Waals surface area contributed by atoms with E-state index in [1.807, 2.05) is 6.92 Å². The summed E-state index contributed by atoms with van der Waals surface area (Å²) in [6, 6.07) is -0.569. The molecular weight excluding hydrogens is 208 g/mol. The van der Waals surface area contributed by atoms with E-state index >= 15 is 0 Å². The monoisotopic (exact) mass is 228 g/mol. The van der Waals surface area contributed by atoms with Crippen LogP contribution in [0.25, 0.3) is 0 Å². The molecule has 2 atom stereocenters. The van der Waals surface area contributed by atoms with Crippen molar-refractivity contribution >= 4 is 11.8 Å². The number of amides is 2. The molecule has 5 heteroatoms. The smallest absolute Gasteiger partial charge is 0.246 e. The number of methoxy groups -OCH3 is 1. The van der Waals surface area contributed by atoms with Gasteiger partial charge in [-0.1, -0.05) is 0 Å². The molecule has 0 saturated carbocycles. The van der Waals surface area contributed by atoms with Gasteiger partial charge >= 0.3 is 0 Å². The lowest BCUT2D eigenvalue weighted by molar-refractivity contribution is -0.159. The van der Waals surface area contributed by atoms with Gasteiger partial charge in [0, 0.05) is 7.11 Å². The SMILES string of the molecule is COCC(C)N1C(=O)C(C)NC(=O)C1(C)C. The maximum absolute atomic E-state index is 12.1. The maximum Gasteiger partial charge on any atom is 0.246 e. The zero-order valence-corrected chi connectivity index (χ0v) is 10.5. The third kappa shape index (κ3) is 2.04. The number of rotatable bonds is 3.